The quantitative estimate of drug-likeness (QED) is 0.611. The van der Waals surface area contributed by atoms with Gasteiger partial charge in [0, 0.05) is 35.5 Å². The number of carbonyl (C=O) groups excluding carboxylic acids is 2. The molecule has 0 bridgehead atoms. The summed E-state index contributed by atoms with van der Waals surface area (Å²) in [5.74, 6) is -0.322. The summed E-state index contributed by atoms with van der Waals surface area (Å²) >= 11 is 0. The Kier molecular flexibility index (Phi) is 5.57. The second-order valence-electron chi connectivity index (χ2n) is 7.45. The number of nitrogens with zero attached hydrogens (tertiary/aromatic N) is 3. The molecule has 1 aliphatic rings. The number of aromatic nitrogens is 2. The van der Waals surface area contributed by atoms with Crippen LogP contribution in [0.3, 0.4) is 0 Å². The number of amides is 1. The van der Waals surface area contributed by atoms with Gasteiger partial charge in [0.1, 0.15) is 6.10 Å². The van der Waals surface area contributed by atoms with Gasteiger partial charge in [0.2, 0.25) is 0 Å². The summed E-state index contributed by atoms with van der Waals surface area (Å²) in [4.78, 5) is 36.5. The SMILES string of the molecule is Cc1cc(C)nc(OC2CCN(C(=O)c3ccccc3C(=O)c3ccccc3)C2)n1. The lowest BCUT2D eigenvalue weighted by molar-refractivity contribution is 0.0765. The van der Waals surface area contributed by atoms with Crippen LogP contribution < -0.4 is 4.74 Å². The average molecular weight is 401 g/mol. The van der Waals surface area contributed by atoms with E-state index in [2.05, 4.69) is 9.97 Å². The lowest BCUT2D eigenvalue weighted by atomic mass is 9.97. The van der Waals surface area contributed by atoms with Gasteiger partial charge >= 0.3 is 6.01 Å². The fourth-order valence-corrected chi connectivity index (χ4v) is 3.69. The molecule has 1 atom stereocenters. The van der Waals surface area contributed by atoms with Crippen molar-refractivity contribution in [1.29, 1.82) is 0 Å². The maximum Gasteiger partial charge on any atom is 0.317 e. The lowest BCUT2D eigenvalue weighted by Crippen LogP contribution is -2.32. The number of carbonyl (C=O) groups is 2. The second-order valence-corrected chi connectivity index (χ2v) is 7.45. The Morgan fingerprint density at radius 3 is 2.27 bits per heavy atom. The van der Waals surface area contributed by atoms with Crippen molar-refractivity contribution in [3.8, 4) is 6.01 Å². The molecular weight excluding hydrogens is 378 g/mol. The predicted octanol–water partition coefficient (Wildman–Crippen LogP) is 3.62. The molecule has 2 aromatic carbocycles. The molecule has 30 heavy (non-hydrogen) atoms. The van der Waals surface area contributed by atoms with Gasteiger partial charge in [-0.1, -0.05) is 48.5 Å². The van der Waals surface area contributed by atoms with Crippen molar-refractivity contribution >= 4 is 11.7 Å². The molecule has 0 N–H and O–H groups in total. The topological polar surface area (TPSA) is 72.4 Å². The van der Waals surface area contributed by atoms with Crippen LogP contribution >= 0.6 is 0 Å². The van der Waals surface area contributed by atoms with Crippen LogP contribution in [-0.4, -0.2) is 45.8 Å². The molecule has 6 heteroatoms. The first-order valence-electron chi connectivity index (χ1n) is 9.98. The molecule has 152 valence electrons. The average Bonchev–Trinajstić information content (AvgIpc) is 3.21. The van der Waals surface area contributed by atoms with E-state index >= 15 is 0 Å². The highest BCUT2D eigenvalue weighted by Crippen LogP contribution is 2.21. The van der Waals surface area contributed by atoms with Crippen molar-refractivity contribution in [3.63, 3.8) is 0 Å². The zero-order valence-corrected chi connectivity index (χ0v) is 17.0. The van der Waals surface area contributed by atoms with Crippen LogP contribution in [0.15, 0.2) is 60.7 Å². The maximum atomic E-state index is 13.2. The fraction of sp³-hybridized carbons (Fsp3) is 0.250. The summed E-state index contributed by atoms with van der Waals surface area (Å²) in [5.41, 5.74) is 3.08. The number of ether oxygens (including phenoxy) is 1. The first-order valence-corrected chi connectivity index (χ1v) is 9.98. The Balaban J connectivity index is 1.50. The summed E-state index contributed by atoms with van der Waals surface area (Å²) in [6, 6.07) is 18.2. The third-order valence-electron chi connectivity index (χ3n) is 5.10. The number of benzene rings is 2. The Labute approximate surface area is 175 Å². The van der Waals surface area contributed by atoms with Gasteiger partial charge in [-0.2, -0.15) is 0 Å². The molecule has 0 radical (unpaired) electrons. The Morgan fingerprint density at radius 2 is 1.57 bits per heavy atom. The number of aryl methyl sites for hydroxylation is 2. The van der Waals surface area contributed by atoms with Crippen LogP contribution in [0.5, 0.6) is 6.01 Å². The van der Waals surface area contributed by atoms with Crippen molar-refractivity contribution in [1.82, 2.24) is 14.9 Å². The Morgan fingerprint density at radius 1 is 0.933 bits per heavy atom. The molecule has 6 nitrogen and oxygen atoms in total. The molecule has 4 rings (SSSR count). The van der Waals surface area contributed by atoms with Gasteiger partial charge in [-0.25, -0.2) is 9.97 Å². The maximum absolute atomic E-state index is 13.2. The highest BCUT2D eigenvalue weighted by Gasteiger charge is 2.30. The largest absolute Gasteiger partial charge is 0.458 e. The van der Waals surface area contributed by atoms with Gasteiger partial charge < -0.3 is 9.64 Å². The van der Waals surface area contributed by atoms with Crippen LogP contribution in [0.1, 0.15) is 44.1 Å². The standard InChI is InChI=1S/C24H23N3O3/c1-16-14-17(2)26-24(25-16)30-19-12-13-27(15-19)23(29)21-11-7-6-10-20(21)22(28)18-8-4-3-5-9-18/h3-11,14,19H,12-13,15H2,1-2H3. The number of hydrogen-bond donors (Lipinski definition) is 0. The van der Waals surface area contributed by atoms with Crippen molar-refractivity contribution < 1.29 is 14.3 Å². The zero-order chi connectivity index (χ0) is 21.1. The molecule has 0 saturated carbocycles. The summed E-state index contributed by atoms with van der Waals surface area (Å²) in [7, 11) is 0. The summed E-state index contributed by atoms with van der Waals surface area (Å²) < 4.78 is 5.92. The summed E-state index contributed by atoms with van der Waals surface area (Å²) in [6.07, 6.45) is 0.517. The van der Waals surface area contributed by atoms with E-state index in [0.717, 1.165) is 11.4 Å². The first-order chi connectivity index (χ1) is 14.5. The molecular formula is C24H23N3O3. The molecule has 1 amide bonds. The lowest BCUT2D eigenvalue weighted by Gasteiger charge is -2.18. The van der Waals surface area contributed by atoms with Crippen LogP contribution in [0.2, 0.25) is 0 Å². The van der Waals surface area contributed by atoms with Crippen LogP contribution in [0, 0.1) is 13.8 Å². The van der Waals surface area contributed by atoms with Gasteiger partial charge in [0.05, 0.1) is 12.1 Å². The third kappa shape index (κ3) is 4.22. The number of ketones is 1. The Bertz CT molecular complexity index is 1060. The van der Waals surface area contributed by atoms with E-state index in [1.165, 1.54) is 0 Å². The van der Waals surface area contributed by atoms with Gasteiger partial charge in [0.15, 0.2) is 5.78 Å². The monoisotopic (exact) mass is 401 g/mol. The highest BCUT2D eigenvalue weighted by molar-refractivity contribution is 6.15. The number of rotatable bonds is 5. The molecule has 1 fully saturated rings. The molecule has 0 aliphatic carbocycles. The normalized spacial score (nSPS) is 15.8. The molecule has 1 saturated heterocycles. The van der Waals surface area contributed by atoms with E-state index in [4.69, 9.17) is 4.74 Å². The highest BCUT2D eigenvalue weighted by atomic mass is 16.5. The minimum atomic E-state index is -0.174. The van der Waals surface area contributed by atoms with E-state index in [9.17, 15) is 9.59 Å². The minimum absolute atomic E-state index is 0.157. The van der Waals surface area contributed by atoms with Gasteiger partial charge in [-0.3, -0.25) is 9.59 Å². The van der Waals surface area contributed by atoms with E-state index in [0.29, 0.717) is 42.2 Å². The fourth-order valence-electron chi connectivity index (χ4n) is 3.69. The van der Waals surface area contributed by atoms with Crippen molar-refractivity contribution in [2.75, 3.05) is 13.1 Å². The minimum Gasteiger partial charge on any atom is -0.458 e. The van der Waals surface area contributed by atoms with Gasteiger partial charge in [-0.05, 0) is 26.0 Å². The van der Waals surface area contributed by atoms with Crippen molar-refractivity contribution in [2.24, 2.45) is 0 Å². The van der Waals surface area contributed by atoms with E-state index in [1.54, 1.807) is 41.3 Å². The summed E-state index contributed by atoms with van der Waals surface area (Å²) in [5, 5.41) is 0. The molecule has 1 unspecified atom stereocenters. The van der Waals surface area contributed by atoms with Crippen LogP contribution in [-0.2, 0) is 0 Å². The van der Waals surface area contributed by atoms with Crippen molar-refractivity contribution in [3.05, 3.63) is 88.7 Å². The smallest absolute Gasteiger partial charge is 0.317 e. The zero-order valence-electron chi connectivity index (χ0n) is 17.0. The second kappa shape index (κ2) is 8.45. The third-order valence-corrected chi connectivity index (χ3v) is 5.10. The van der Waals surface area contributed by atoms with Gasteiger partial charge in [-0.15, -0.1) is 0 Å². The Hall–Kier alpha value is -3.54. The van der Waals surface area contributed by atoms with Crippen molar-refractivity contribution in [2.45, 2.75) is 26.4 Å². The van der Waals surface area contributed by atoms with Crippen LogP contribution in [0.4, 0.5) is 0 Å². The predicted molar refractivity (Wildman–Crippen MR) is 113 cm³/mol. The van der Waals surface area contributed by atoms with Crippen LogP contribution in [0.25, 0.3) is 0 Å². The number of likely N-dealkylation sites (tertiary alicyclic amines) is 1. The first kappa shape index (κ1) is 19.8. The molecule has 3 aromatic rings. The number of hydrogen-bond acceptors (Lipinski definition) is 5. The van der Waals surface area contributed by atoms with E-state index in [-0.39, 0.29) is 17.8 Å². The molecule has 1 aromatic heterocycles. The van der Waals surface area contributed by atoms with E-state index in [1.807, 2.05) is 38.1 Å². The van der Waals surface area contributed by atoms with Gasteiger partial charge in [0.25, 0.3) is 5.91 Å². The van der Waals surface area contributed by atoms with E-state index < -0.39 is 0 Å². The molecule has 1 aliphatic heterocycles. The summed E-state index contributed by atoms with van der Waals surface area (Å²) in [6.45, 7) is 4.78. The molecule has 2 heterocycles. The molecule has 0 spiro atoms.